The van der Waals surface area contributed by atoms with Crippen LogP contribution < -0.4 is 11.1 Å². The molecule has 0 spiro atoms. The SMILES string of the molecule is CC(CN)(Nc1ccncc1)c1ccccc1. The molecule has 0 amide bonds. The van der Waals surface area contributed by atoms with Crippen LogP contribution in [-0.2, 0) is 5.54 Å². The molecular formula is C14H17N3. The van der Waals surface area contributed by atoms with Crippen LogP contribution in [0.4, 0.5) is 5.69 Å². The van der Waals surface area contributed by atoms with E-state index in [9.17, 15) is 0 Å². The Bertz CT molecular complexity index is 455. The second-order valence-corrected chi connectivity index (χ2v) is 4.26. The molecule has 2 aromatic rings. The molecule has 0 saturated heterocycles. The van der Waals surface area contributed by atoms with E-state index >= 15 is 0 Å². The van der Waals surface area contributed by atoms with Crippen LogP contribution in [0, 0.1) is 0 Å². The van der Waals surface area contributed by atoms with E-state index in [1.165, 1.54) is 5.56 Å². The maximum absolute atomic E-state index is 5.91. The molecule has 0 fully saturated rings. The van der Waals surface area contributed by atoms with Crippen molar-refractivity contribution in [1.29, 1.82) is 0 Å². The van der Waals surface area contributed by atoms with Gasteiger partial charge in [0.2, 0.25) is 0 Å². The summed E-state index contributed by atoms with van der Waals surface area (Å²) in [5, 5.41) is 3.46. The number of hydrogen-bond donors (Lipinski definition) is 2. The predicted octanol–water partition coefficient (Wildman–Crippen LogP) is 2.37. The highest BCUT2D eigenvalue weighted by atomic mass is 15.0. The average molecular weight is 227 g/mol. The standard InChI is InChI=1S/C14H17N3/c1-14(11-15,12-5-3-2-4-6-12)17-13-7-9-16-10-8-13/h2-10H,11,15H2,1H3,(H,16,17). The Kier molecular flexibility index (Phi) is 3.40. The third-order valence-corrected chi connectivity index (χ3v) is 2.92. The van der Waals surface area contributed by atoms with Crippen LogP contribution in [0.2, 0.25) is 0 Å². The van der Waals surface area contributed by atoms with Crippen LogP contribution in [0.15, 0.2) is 54.9 Å². The van der Waals surface area contributed by atoms with E-state index in [1.54, 1.807) is 12.4 Å². The molecule has 0 aliphatic rings. The molecule has 17 heavy (non-hydrogen) atoms. The molecule has 3 nitrogen and oxygen atoms in total. The van der Waals surface area contributed by atoms with Gasteiger partial charge >= 0.3 is 0 Å². The maximum atomic E-state index is 5.91. The van der Waals surface area contributed by atoms with Gasteiger partial charge in [0.15, 0.2) is 0 Å². The highest BCUT2D eigenvalue weighted by molar-refractivity contribution is 5.46. The molecule has 0 aliphatic carbocycles. The van der Waals surface area contributed by atoms with Crippen LogP contribution in [0.3, 0.4) is 0 Å². The zero-order valence-electron chi connectivity index (χ0n) is 9.93. The van der Waals surface area contributed by atoms with Gasteiger partial charge in [-0.05, 0) is 24.6 Å². The van der Waals surface area contributed by atoms with Crippen LogP contribution in [0.1, 0.15) is 12.5 Å². The fraction of sp³-hybridized carbons (Fsp3) is 0.214. The van der Waals surface area contributed by atoms with Gasteiger partial charge in [0.05, 0.1) is 5.54 Å². The van der Waals surface area contributed by atoms with E-state index in [4.69, 9.17) is 5.73 Å². The van der Waals surface area contributed by atoms with Crippen molar-refractivity contribution in [3.63, 3.8) is 0 Å². The minimum absolute atomic E-state index is 0.261. The third-order valence-electron chi connectivity index (χ3n) is 2.92. The molecule has 2 rings (SSSR count). The summed E-state index contributed by atoms with van der Waals surface area (Å²) in [5.74, 6) is 0. The summed E-state index contributed by atoms with van der Waals surface area (Å²) in [7, 11) is 0. The molecule has 0 saturated carbocycles. The molecule has 0 radical (unpaired) electrons. The Morgan fingerprint density at radius 3 is 2.35 bits per heavy atom. The van der Waals surface area contributed by atoms with Gasteiger partial charge in [-0.2, -0.15) is 0 Å². The molecule has 1 aromatic heterocycles. The first-order valence-corrected chi connectivity index (χ1v) is 5.68. The van der Waals surface area contributed by atoms with Crippen LogP contribution in [-0.4, -0.2) is 11.5 Å². The summed E-state index contributed by atoms with van der Waals surface area (Å²) in [5.41, 5.74) is 7.85. The zero-order chi connectivity index (χ0) is 12.1. The molecule has 1 heterocycles. The largest absolute Gasteiger partial charge is 0.374 e. The summed E-state index contributed by atoms with van der Waals surface area (Å²) < 4.78 is 0. The van der Waals surface area contributed by atoms with E-state index in [0.29, 0.717) is 6.54 Å². The van der Waals surface area contributed by atoms with Crippen molar-refractivity contribution in [2.24, 2.45) is 5.73 Å². The smallest absolute Gasteiger partial charge is 0.0719 e. The van der Waals surface area contributed by atoms with Crippen LogP contribution in [0.5, 0.6) is 0 Å². The first-order chi connectivity index (χ1) is 8.24. The van der Waals surface area contributed by atoms with E-state index in [0.717, 1.165) is 5.69 Å². The molecule has 0 bridgehead atoms. The number of aromatic nitrogens is 1. The molecular weight excluding hydrogens is 210 g/mol. The second-order valence-electron chi connectivity index (χ2n) is 4.26. The first kappa shape index (κ1) is 11.6. The van der Waals surface area contributed by atoms with Gasteiger partial charge in [-0.1, -0.05) is 30.3 Å². The molecule has 1 aromatic carbocycles. The van der Waals surface area contributed by atoms with Crippen molar-refractivity contribution in [2.45, 2.75) is 12.5 Å². The molecule has 88 valence electrons. The molecule has 3 heteroatoms. The fourth-order valence-corrected chi connectivity index (χ4v) is 1.80. The third kappa shape index (κ3) is 2.63. The summed E-state index contributed by atoms with van der Waals surface area (Å²) >= 11 is 0. The minimum atomic E-state index is -0.261. The van der Waals surface area contributed by atoms with E-state index in [-0.39, 0.29) is 5.54 Å². The Hall–Kier alpha value is -1.87. The van der Waals surface area contributed by atoms with Crippen LogP contribution in [0.25, 0.3) is 0 Å². The van der Waals surface area contributed by atoms with E-state index in [1.807, 2.05) is 30.3 Å². The van der Waals surface area contributed by atoms with Crippen molar-refractivity contribution in [3.05, 3.63) is 60.4 Å². The van der Waals surface area contributed by atoms with Gasteiger partial charge in [0.1, 0.15) is 0 Å². The lowest BCUT2D eigenvalue weighted by Gasteiger charge is -2.31. The molecule has 1 atom stereocenters. The highest BCUT2D eigenvalue weighted by Gasteiger charge is 2.24. The van der Waals surface area contributed by atoms with E-state index in [2.05, 4.69) is 29.4 Å². The van der Waals surface area contributed by atoms with Gasteiger partial charge in [0, 0.05) is 24.6 Å². The number of nitrogens with two attached hydrogens (primary N) is 1. The predicted molar refractivity (Wildman–Crippen MR) is 70.7 cm³/mol. The van der Waals surface area contributed by atoms with Gasteiger partial charge in [-0.25, -0.2) is 0 Å². The summed E-state index contributed by atoms with van der Waals surface area (Å²) in [6.07, 6.45) is 3.54. The average Bonchev–Trinajstić information content (AvgIpc) is 2.41. The van der Waals surface area contributed by atoms with E-state index < -0.39 is 0 Å². The fourth-order valence-electron chi connectivity index (χ4n) is 1.80. The number of anilines is 1. The number of nitrogens with one attached hydrogen (secondary N) is 1. The number of nitrogens with zero attached hydrogens (tertiary/aromatic N) is 1. The normalized spacial score (nSPS) is 14.0. The van der Waals surface area contributed by atoms with Crippen LogP contribution >= 0.6 is 0 Å². The van der Waals surface area contributed by atoms with Crippen molar-refractivity contribution in [3.8, 4) is 0 Å². The highest BCUT2D eigenvalue weighted by Crippen LogP contribution is 2.24. The molecule has 0 aliphatic heterocycles. The monoisotopic (exact) mass is 227 g/mol. The molecule has 3 N–H and O–H groups in total. The number of pyridine rings is 1. The Labute approximate surface area is 102 Å². The quantitative estimate of drug-likeness (QED) is 0.843. The lowest BCUT2D eigenvalue weighted by molar-refractivity contribution is 0.556. The summed E-state index contributed by atoms with van der Waals surface area (Å²) in [6.45, 7) is 2.63. The van der Waals surface area contributed by atoms with Gasteiger partial charge < -0.3 is 11.1 Å². The summed E-state index contributed by atoms with van der Waals surface area (Å²) in [4.78, 5) is 4.00. The lowest BCUT2D eigenvalue weighted by atomic mass is 9.92. The lowest BCUT2D eigenvalue weighted by Crippen LogP contribution is -2.39. The summed E-state index contributed by atoms with van der Waals surface area (Å²) in [6, 6.07) is 14.1. The van der Waals surface area contributed by atoms with Crippen molar-refractivity contribution in [2.75, 3.05) is 11.9 Å². The Balaban J connectivity index is 2.27. The van der Waals surface area contributed by atoms with Crippen molar-refractivity contribution in [1.82, 2.24) is 4.98 Å². The van der Waals surface area contributed by atoms with Gasteiger partial charge in [-0.3, -0.25) is 4.98 Å². The Morgan fingerprint density at radius 2 is 1.76 bits per heavy atom. The Morgan fingerprint density at radius 1 is 1.12 bits per heavy atom. The number of rotatable bonds is 4. The van der Waals surface area contributed by atoms with Crippen molar-refractivity contribution >= 4 is 5.69 Å². The zero-order valence-corrected chi connectivity index (χ0v) is 9.93. The second kappa shape index (κ2) is 4.97. The topological polar surface area (TPSA) is 50.9 Å². The maximum Gasteiger partial charge on any atom is 0.0719 e. The minimum Gasteiger partial charge on any atom is -0.374 e. The first-order valence-electron chi connectivity index (χ1n) is 5.68. The van der Waals surface area contributed by atoms with Gasteiger partial charge in [-0.15, -0.1) is 0 Å². The van der Waals surface area contributed by atoms with Crippen molar-refractivity contribution < 1.29 is 0 Å². The van der Waals surface area contributed by atoms with Gasteiger partial charge in [0.25, 0.3) is 0 Å². The molecule has 1 unspecified atom stereocenters. The number of hydrogen-bond acceptors (Lipinski definition) is 3. The number of benzene rings is 1.